The molecule has 0 atom stereocenters. The Hall–Kier alpha value is -1.34. The van der Waals surface area contributed by atoms with Gasteiger partial charge in [-0.1, -0.05) is 13.3 Å². The highest BCUT2D eigenvalue weighted by Crippen LogP contribution is 2.33. The summed E-state index contributed by atoms with van der Waals surface area (Å²) in [6, 6.07) is 0.567. The van der Waals surface area contributed by atoms with E-state index in [9.17, 15) is 0 Å². The molecular weight excluding hydrogens is 398 g/mol. The van der Waals surface area contributed by atoms with Crippen molar-refractivity contribution in [1.82, 2.24) is 20.4 Å². The summed E-state index contributed by atoms with van der Waals surface area (Å²) in [5.41, 5.74) is 6.74. The second kappa shape index (κ2) is 9.49. The quantitative estimate of drug-likeness (QED) is 0.377. The molecule has 0 saturated carbocycles. The van der Waals surface area contributed by atoms with Crippen LogP contribution in [0, 0.1) is 5.41 Å². The van der Waals surface area contributed by atoms with Crippen LogP contribution in [0.2, 0.25) is 0 Å². The number of rotatable bonds is 5. The number of guanidine groups is 2. The number of hydrogen-bond donors (Lipinski definition) is 4. The highest BCUT2D eigenvalue weighted by molar-refractivity contribution is 5.92. The molecule has 2 heterocycles. The molecule has 0 radical (unpaired) electrons. The Morgan fingerprint density at radius 1 is 0.875 bits per heavy atom. The van der Waals surface area contributed by atoms with E-state index >= 15 is 0 Å². The molecule has 0 aromatic heterocycles. The van der Waals surface area contributed by atoms with Gasteiger partial charge in [0.25, 0.3) is 0 Å². The number of piperidine rings is 2. The van der Waals surface area contributed by atoms with Crippen LogP contribution in [-0.2, 0) is 0 Å². The van der Waals surface area contributed by atoms with Gasteiger partial charge in [-0.2, -0.15) is 4.99 Å². The van der Waals surface area contributed by atoms with Crippen molar-refractivity contribution < 1.29 is 0 Å². The van der Waals surface area contributed by atoms with Crippen LogP contribution < -0.4 is 16.4 Å². The molecule has 2 fully saturated rings. The fourth-order valence-electron chi connectivity index (χ4n) is 6.27. The van der Waals surface area contributed by atoms with Gasteiger partial charge in [-0.3, -0.25) is 5.41 Å². The first-order chi connectivity index (χ1) is 14.5. The fourth-order valence-corrected chi connectivity index (χ4v) is 6.27. The fraction of sp³-hybridized carbons (Fsp3) is 0.920. The minimum Gasteiger partial charge on any atom is -0.369 e. The molecule has 2 rings (SSSR count). The van der Waals surface area contributed by atoms with Crippen molar-refractivity contribution in [3.8, 4) is 0 Å². The lowest BCUT2D eigenvalue weighted by molar-refractivity contribution is 0.102. The third-order valence-electron chi connectivity index (χ3n) is 6.93. The van der Waals surface area contributed by atoms with E-state index in [4.69, 9.17) is 11.1 Å². The van der Waals surface area contributed by atoms with Crippen molar-refractivity contribution in [1.29, 1.82) is 5.41 Å². The van der Waals surface area contributed by atoms with Crippen LogP contribution in [0.1, 0.15) is 101 Å². The van der Waals surface area contributed by atoms with Gasteiger partial charge < -0.3 is 26.2 Å². The number of aliphatic imine (C=N–C) groups is 1. The Morgan fingerprint density at radius 3 is 1.69 bits per heavy atom. The van der Waals surface area contributed by atoms with Gasteiger partial charge in [-0.25, -0.2) is 0 Å². The summed E-state index contributed by atoms with van der Waals surface area (Å²) in [6.07, 6.45) is 6.15. The van der Waals surface area contributed by atoms with E-state index in [-0.39, 0.29) is 34.2 Å². The van der Waals surface area contributed by atoms with Crippen LogP contribution in [-0.4, -0.2) is 69.6 Å². The molecule has 0 aromatic rings. The van der Waals surface area contributed by atoms with Gasteiger partial charge in [-0.05, 0) is 87.5 Å². The molecule has 7 nitrogen and oxygen atoms in total. The molecule has 2 aliphatic rings. The maximum atomic E-state index is 8.76. The Kier molecular flexibility index (Phi) is 7.98. The molecule has 0 amide bonds. The average molecular weight is 450 g/mol. The summed E-state index contributed by atoms with van der Waals surface area (Å²) >= 11 is 0. The molecule has 0 unspecified atom stereocenters. The van der Waals surface area contributed by atoms with E-state index in [1.807, 2.05) is 11.9 Å². The summed E-state index contributed by atoms with van der Waals surface area (Å²) in [6.45, 7) is 21.1. The minimum atomic E-state index is 0.0235. The van der Waals surface area contributed by atoms with Crippen LogP contribution in [0.15, 0.2) is 4.99 Å². The third kappa shape index (κ3) is 7.34. The molecule has 32 heavy (non-hydrogen) atoms. The van der Waals surface area contributed by atoms with Crippen LogP contribution >= 0.6 is 0 Å². The molecule has 2 saturated heterocycles. The van der Waals surface area contributed by atoms with Crippen LogP contribution in [0.25, 0.3) is 0 Å². The van der Waals surface area contributed by atoms with E-state index in [1.165, 1.54) is 0 Å². The maximum absolute atomic E-state index is 8.76. The van der Waals surface area contributed by atoms with E-state index < -0.39 is 0 Å². The Balaban J connectivity index is 2.22. The monoisotopic (exact) mass is 449 g/mol. The lowest BCUT2D eigenvalue weighted by atomic mass is 9.79. The van der Waals surface area contributed by atoms with Crippen molar-refractivity contribution in [2.75, 3.05) is 13.6 Å². The number of unbranched alkanes of at least 4 members (excludes halogenated alkanes) is 1. The van der Waals surface area contributed by atoms with Gasteiger partial charge >= 0.3 is 0 Å². The molecule has 0 aliphatic carbocycles. The summed E-state index contributed by atoms with van der Waals surface area (Å²) in [5, 5.41) is 16.2. The van der Waals surface area contributed by atoms with Crippen molar-refractivity contribution in [3.05, 3.63) is 0 Å². The number of nitrogens with two attached hydrogens (primary N) is 1. The topological polar surface area (TPSA) is 92.8 Å². The second-order valence-electron chi connectivity index (χ2n) is 12.9. The smallest absolute Gasteiger partial charge is 0.221 e. The highest BCUT2D eigenvalue weighted by atomic mass is 15.3. The Morgan fingerprint density at radius 2 is 1.28 bits per heavy atom. The largest absolute Gasteiger partial charge is 0.369 e. The van der Waals surface area contributed by atoms with E-state index in [0.717, 1.165) is 45.1 Å². The predicted molar refractivity (Wildman–Crippen MR) is 137 cm³/mol. The lowest BCUT2D eigenvalue weighted by Crippen LogP contribution is -2.63. The number of nitrogens with one attached hydrogen (secondary N) is 3. The van der Waals surface area contributed by atoms with Crippen molar-refractivity contribution >= 4 is 11.9 Å². The lowest BCUT2D eigenvalue weighted by Gasteiger charge is -2.50. The first kappa shape index (κ1) is 26.9. The first-order valence-electron chi connectivity index (χ1n) is 12.5. The van der Waals surface area contributed by atoms with Gasteiger partial charge in [0.15, 0.2) is 5.96 Å². The maximum Gasteiger partial charge on any atom is 0.221 e. The van der Waals surface area contributed by atoms with E-state index in [0.29, 0.717) is 12.0 Å². The van der Waals surface area contributed by atoms with Crippen LogP contribution in [0.5, 0.6) is 0 Å². The van der Waals surface area contributed by atoms with Gasteiger partial charge in [-0.15, -0.1) is 0 Å². The van der Waals surface area contributed by atoms with Gasteiger partial charge in [0, 0.05) is 47.8 Å². The van der Waals surface area contributed by atoms with Gasteiger partial charge in [0.1, 0.15) is 0 Å². The molecule has 0 bridgehead atoms. The van der Waals surface area contributed by atoms with Gasteiger partial charge in [0.05, 0.1) is 0 Å². The molecular formula is C25H51N7. The molecule has 0 aromatic carbocycles. The minimum absolute atomic E-state index is 0.0235. The zero-order valence-electron chi connectivity index (χ0n) is 22.5. The Bertz CT molecular complexity index is 660. The summed E-state index contributed by atoms with van der Waals surface area (Å²) in [5.74, 6) is 0.746. The molecule has 186 valence electrons. The number of nitrogens with zero attached hydrogens (tertiary/aromatic N) is 3. The molecule has 2 aliphatic heterocycles. The highest BCUT2D eigenvalue weighted by Gasteiger charge is 2.41. The van der Waals surface area contributed by atoms with Crippen LogP contribution in [0.3, 0.4) is 0 Å². The van der Waals surface area contributed by atoms with E-state index in [1.54, 1.807) is 0 Å². The zero-order chi connectivity index (χ0) is 24.5. The summed E-state index contributed by atoms with van der Waals surface area (Å²) in [4.78, 5) is 8.95. The molecule has 5 N–H and O–H groups in total. The molecule has 7 heteroatoms. The Labute approximate surface area is 197 Å². The summed E-state index contributed by atoms with van der Waals surface area (Å²) in [7, 11) is 1.99. The third-order valence-corrected chi connectivity index (χ3v) is 6.93. The SMILES string of the molecule is CCCCN(C(N)=NC(=N)N(C)C1CC(C)(C)NC(C)(C)C1)C1CC(C)(C)NC(C)(C)C1. The average Bonchev–Trinajstić information content (AvgIpc) is 2.55. The molecule has 0 spiro atoms. The first-order valence-corrected chi connectivity index (χ1v) is 12.5. The summed E-state index contributed by atoms with van der Waals surface area (Å²) < 4.78 is 0. The predicted octanol–water partition coefficient (Wildman–Crippen LogP) is 3.89. The normalized spacial score (nSPS) is 25.4. The van der Waals surface area contributed by atoms with Crippen molar-refractivity contribution in [2.24, 2.45) is 10.7 Å². The number of hydrogen-bond acceptors (Lipinski definition) is 3. The standard InChI is InChI=1S/C25H51N7/c1-11-12-13-32(19-16-24(6,7)30-25(8,9)17-19)21(27)28-20(26)31(10)18-14-22(2,3)29-23(4,5)15-18/h18-19,29-30H,11-17H2,1-10H3,(H3,26,27,28). The second-order valence-corrected chi connectivity index (χ2v) is 12.9. The van der Waals surface area contributed by atoms with Gasteiger partial charge in [0.2, 0.25) is 5.96 Å². The van der Waals surface area contributed by atoms with Crippen molar-refractivity contribution in [3.63, 3.8) is 0 Å². The van der Waals surface area contributed by atoms with Crippen LogP contribution in [0.4, 0.5) is 0 Å². The van der Waals surface area contributed by atoms with Crippen molar-refractivity contribution in [2.45, 2.75) is 135 Å². The zero-order valence-corrected chi connectivity index (χ0v) is 22.5. The van der Waals surface area contributed by atoms with E-state index in [2.05, 4.69) is 82.8 Å².